The summed E-state index contributed by atoms with van der Waals surface area (Å²) in [6.07, 6.45) is 1.15. The number of carbonyl (C=O) groups excluding carboxylic acids is 1. The third kappa shape index (κ3) is 6.00. The molecule has 0 spiro atoms. The van der Waals surface area contributed by atoms with Crippen molar-refractivity contribution < 1.29 is 17.9 Å². The smallest absolute Gasteiger partial charge is 0.255 e. The van der Waals surface area contributed by atoms with Crippen LogP contribution in [0, 0.1) is 0 Å². The van der Waals surface area contributed by atoms with E-state index in [0.717, 1.165) is 17.4 Å². The van der Waals surface area contributed by atoms with E-state index < -0.39 is 9.84 Å². The molecule has 0 radical (unpaired) electrons. The lowest BCUT2D eigenvalue weighted by atomic mass is 10.1. The highest BCUT2D eigenvalue weighted by molar-refractivity contribution is 7.90. The van der Waals surface area contributed by atoms with Crippen molar-refractivity contribution in [3.8, 4) is 5.75 Å². The van der Waals surface area contributed by atoms with Gasteiger partial charge in [-0.25, -0.2) is 8.42 Å². The van der Waals surface area contributed by atoms with E-state index in [4.69, 9.17) is 27.9 Å². The Bertz CT molecular complexity index is 1190. The molecule has 0 fully saturated rings. The fourth-order valence-electron chi connectivity index (χ4n) is 2.94. The van der Waals surface area contributed by atoms with Gasteiger partial charge in [0.2, 0.25) is 0 Å². The second-order valence-electron chi connectivity index (χ2n) is 7.06. The van der Waals surface area contributed by atoms with Gasteiger partial charge >= 0.3 is 0 Å². The fraction of sp³-hybridized carbons (Fsp3) is 0.174. The third-order valence-corrected chi connectivity index (χ3v) is 6.40. The van der Waals surface area contributed by atoms with Crippen molar-refractivity contribution in [2.24, 2.45) is 0 Å². The number of para-hydroxylation sites is 1. The standard InChI is InChI=1S/C23H21Cl2NO4S/c1-15(16-8-11-19(12-9-16)31(2,28)29)26-23(27)20-5-3-4-6-22(20)30-14-17-7-10-18(24)13-21(17)25/h3-13,15H,14H2,1-2H3,(H,26,27). The molecular weight excluding hydrogens is 457 g/mol. The second kappa shape index (κ2) is 9.73. The third-order valence-electron chi connectivity index (χ3n) is 4.69. The zero-order valence-corrected chi connectivity index (χ0v) is 19.3. The van der Waals surface area contributed by atoms with Crippen LogP contribution in [0.25, 0.3) is 0 Å². The highest BCUT2D eigenvalue weighted by Gasteiger charge is 2.17. The van der Waals surface area contributed by atoms with Crippen molar-refractivity contribution in [1.29, 1.82) is 0 Å². The predicted molar refractivity (Wildman–Crippen MR) is 123 cm³/mol. The Balaban J connectivity index is 1.72. The molecule has 8 heteroatoms. The highest BCUT2D eigenvalue weighted by Crippen LogP contribution is 2.25. The Kier molecular flexibility index (Phi) is 7.26. The van der Waals surface area contributed by atoms with Crippen molar-refractivity contribution in [3.63, 3.8) is 0 Å². The molecular formula is C23H21Cl2NO4S. The molecule has 0 aliphatic carbocycles. The summed E-state index contributed by atoms with van der Waals surface area (Å²) >= 11 is 12.1. The van der Waals surface area contributed by atoms with E-state index in [1.165, 1.54) is 12.1 Å². The van der Waals surface area contributed by atoms with Crippen molar-refractivity contribution in [2.75, 3.05) is 6.26 Å². The summed E-state index contributed by atoms with van der Waals surface area (Å²) in [6, 6.07) is 18.1. The van der Waals surface area contributed by atoms with Crippen LogP contribution in [0.3, 0.4) is 0 Å². The zero-order valence-electron chi connectivity index (χ0n) is 16.9. The van der Waals surface area contributed by atoms with E-state index in [2.05, 4.69) is 5.32 Å². The minimum atomic E-state index is -3.27. The maximum atomic E-state index is 12.9. The van der Waals surface area contributed by atoms with Crippen molar-refractivity contribution in [2.45, 2.75) is 24.5 Å². The first-order chi connectivity index (χ1) is 14.6. The normalized spacial score (nSPS) is 12.3. The van der Waals surface area contributed by atoms with Crippen LogP contribution in [-0.4, -0.2) is 20.6 Å². The van der Waals surface area contributed by atoms with Gasteiger partial charge in [-0.15, -0.1) is 0 Å². The molecule has 1 atom stereocenters. The SMILES string of the molecule is CC(NC(=O)c1ccccc1OCc1ccc(Cl)cc1Cl)c1ccc(S(C)(=O)=O)cc1. The van der Waals surface area contributed by atoms with Crippen LogP contribution in [0.2, 0.25) is 10.0 Å². The summed E-state index contributed by atoms with van der Waals surface area (Å²) in [5.74, 6) is 0.114. The Hall–Kier alpha value is -2.54. The molecule has 3 aromatic rings. The van der Waals surface area contributed by atoms with Gasteiger partial charge in [-0.05, 0) is 48.9 Å². The lowest BCUT2D eigenvalue weighted by molar-refractivity contribution is 0.0935. The lowest BCUT2D eigenvalue weighted by Gasteiger charge is -2.17. The minimum Gasteiger partial charge on any atom is -0.488 e. The molecule has 0 saturated carbocycles. The molecule has 3 aromatic carbocycles. The molecule has 0 saturated heterocycles. The average molecular weight is 478 g/mol. The number of nitrogens with one attached hydrogen (secondary N) is 1. The van der Waals surface area contributed by atoms with Gasteiger partial charge in [-0.2, -0.15) is 0 Å². The predicted octanol–water partition coefficient (Wildman–Crippen LogP) is 5.47. The fourth-order valence-corrected chi connectivity index (χ4v) is 4.03. The van der Waals surface area contributed by atoms with Crippen LogP contribution in [0.4, 0.5) is 0 Å². The summed E-state index contributed by atoms with van der Waals surface area (Å²) in [4.78, 5) is 13.1. The number of benzene rings is 3. The Labute approximate surface area is 191 Å². The van der Waals surface area contributed by atoms with E-state index >= 15 is 0 Å². The first kappa shape index (κ1) is 23.1. The van der Waals surface area contributed by atoms with Crippen LogP contribution in [0.15, 0.2) is 71.6 Å². The number of amides is 1. The molecule has 162 valence electrons. The topological polar surface area (TPSA) is 72.5 Å². The van der Waals surface area contributed by atoms with E-state index in [0.29, 0.717) is 21.4 Å². The quantitative estimate of drug-likeness (QED) is 0.489. The Morgan fingerprint density at radius 2 is 1.71 bits per heavy atom. The summed E-state index contributed by atoms with van der Waals surface area (Å²) in [5.41, 5.74) is 1.92. The molecule has 5 nitrogen and oxygen atoms in total. The van der Waals surface area contributed by atoms with E-state index in [1.54, 1.807) is 54.6 Å². The lowest BCUT2D eigenvalue weighted by Crippen LogP contribution is -2.27. The van der Waals surface area contributed by atoms with Gasteiger partial charge in [0.1, 0.15) is 12.4 Å². The second-order valence-corrected chi connectivity index (χ2v) is 9.92. The average Bonchev–Trinajstić information content (AvgIpc) is 2.72. The molecule has 3 rings (SSSR count). The number of rotatable bonds is 7. The molecule has 1 N–H and O–H groups in total. The highest BCUT2D eigenvalue weighted by atomic mass is 35.5. The van der Waals surface area contributed by atoms with Gasteiger partial charge in [0.25, 0.3) is 5.91 Å². The van der Waals surface area contributed by atoms with Gasteiger partial charge in [-0.3, -0.25) is 4.79 Å². The van der Waals surface area contributed by atoms with E-state index in [-0.39, 0.29) is 23.5 Å². The Morgan fingerprint density at radius 1 is 1.03 bits per heavy atom. The number of ether oxygens (including phenoxy) is 1. The monoisotopic (exact) mass is 477 g/mol. The first-order valence-corrected chi connectivity index (χ1v) is 12.1. The van der Waals surface area contributed by atoms with E-state index in [1.807, 2.05) is 6.92 Å². The molecule has 1 amide bonds. The van der Waals surface area contributed by atoms with Crippen LogP contribution in [0.5, 0.6) is 5.75 Å². The van der Waals surface area contributed by atoms with Crippen molar-refractivity contribution in [1.82, 2.24) is 5.32 Å². The number of hydrogen-bond acceptors (Lipinski definition) is 4. The molecule has 31 heavy (non-hydrogen) atoms. The number of sulfone groups is 1. The summed E-state index contributed by atoms with van der Waals surface area (Å²) in [7, 11) is -3.27. The van der Waals surface area contributed by atoms with Crippen LogP contribution in [0.1, 0.15) is 34.5 Å². The summed E-state index contributed by atoms with van der Waals surface area (Å²) in [6.45, 7) is 2.01. The number of hydrogen-bond donors (Lipinski definition) is 1. The summed E-state index contributed by atoms with van der Waals surface area (Å²) in [5, 5.41) is 3.94. The van der Waals surface area contributed by atoms with E-state index in [9.17, 15) is 13.2 Å². The maximum absolute atomic E-state index is 12.9. The minimum absolute atomic E-state index is 0.183. The first-order valence-electron chi connectivity index (χ1n) is 9.42. The Morgan fingerprint density at radius 3 is 2.35 bits per heavy atom. The van der Waals surface area contributed by atoms with Crippen LogP contribution >= 0.6 is 23.2 Å². The summed E-state index contributed by atoms with van der Waals surface area (Å²) < 4.78 is 29.1. The molecule has 0 aliphatic rings. The molecule has 0 aromatic heterocycles. The zero-order chi connectivity index (χ0) is 22.6. The van der Waals surface area contributed by atoms with Crippen molar-refractivity contribution >= 4 is 38.9 Å². The molecule has 0 aliphatic heterocycles. The van der Waals surface area contributed by atoms with Gasteiger partial charge in [-0.1, -0.05) is 53.5 Å². The largest absolute Gasteiger partial charge is 0.488 e. The van der Waals surface area contributed by atoms with Crippen LogP contribution < -0.4 is 10.1 Å². The van der Waals surface area contributed by atoms with Gasteiger partial charge in [0, 0.05) is 21.9 Å². The van der Waals surface area contributed by atoms with Crippen molar-refractivity contribution in [3.05, 3.63) is 93.5 Å². The molecule has 1 unspecified atom stereocenters. The number of halogens is 2. The van der Waals surface area contributed by atoms with Gasteiger partial charge < -0.3 is 10.1 Å². The number of carbonyl (C=O) groups is 1. The van der Waals surface area contributed by atoms with Gasteiger partial charge in [0.05, 0.1) is 16.5 Å². The molecule has 0 bridgehead atoms. The maximum Gasteiger partial charge on any atom is 0.255 e. The van der Waals surface area contributed by atoms with Crippen LogP contribution in [-0.2, 0) is 16.4 Å². The van der Waals surface area contributed by atoms with Gasteiger partial charge in [0.15, 0.2) is 9.84 Å². The molecule has 0 heterocycles.